The van der Waals surface area contributed by atoms with Gasteiger partial charge in [0.2, 0.25) is 5.75 Å². The molecular formula is C25H23F2NO6S. The monoisotopic (exact) mass is 503 g/mol. The van der Waals surface area contributed by atoms with Crippen LogP contribution < -0.4 is 9.47 Å². The summed E-state index contributed by atoms with van der Waals surface area (Å²) in [6.07, 6.45) is -0.0971. The minimum atomic E-state index is -0.664. The number of esters is 1. The summed E-state index contributed by atoms with van der Waals surface area (Å²) < 4.78 is 43.5. The van der Waals surface area contributed by atoms with E-state index >= 15 is 0 Å². The first-order valence-electron chi connectivity index (χ1n) is 10.6. The predicted octanol–water partition coefficient (Wildman–Crippen LogP) is 4.64. The quantitative estimate of drug-likeness (QED) is 0.333. The molecule has 0 amide bonds. The first-order valence-corrected chi connectivity index (χ1v) is 11.5. The van der Waals surface area contributed by atoms with Gasteiger partial charge in [0.25, 0.3) is 0 Å². The lowest BCUT2D eigenvalue weighted by atomic mass is 10.1. The van der Waals surface area contributed by atoms with Crippen molar-refractivity contribution in [3.8, 4) is 17.2 Å². The van der Waals surface area contributed by atoms with Gasteiger partial charge >= 0.3 is 5.97 Å². The molecule has 0 atom stereocenters. The lowest BCUT2D eigenvalue weighted by Crippen LogP contribution is -2.09. The van der Waals surface area contributed by atoms with Gasteiger partial charge in [0.1, 0.15) is 28.1 Å². The molecule has 3 aromatic rings. The van der Waals surface area contributed by atoms with Crippen LogP contribution in [0.2, 0.25) is 0 Å². The van der Waals surface area contributed by atoms with E-state index in [0.717, 1.165) is 12.1 Å². The zero-order valence-corrected chi connectivity index (χ0v) is 20.0. The van der Waals surface area contributed by atoms with E-state index in [0.29, 0.717) is 10.7 Å². The molecule has 35 heavy (non-hydrogen) atoms. The third kappa shape index (κ3) is 7.41. The maximum absolute atomic E-state index is 14.3. The van der Waals surface area contributed by atoms with E-state index in [1.807, 2.05) is 0 Å². The summed E-state index contributed by atoms with van der Waals surface area (Å²) >= 11 is 1.23. The van der Waals surface area contributed by atoms with Crippen molar-refractivity contribution in [3.05, 3.63) is 69.7 Å². The van der Waals surface area contributed by atoms with Gasteiger partial charge in [-0.25, -0.2) is 13.8 Å². The lowest BCUT2D eigenvalue weighted by Gasteiger charge is -2.14. The number of nitrogens with zero attached hydrogens (tertiary/aromatic N) is 1. The third-order valence-corrected chi connectivity index (χ3v) is 5.83. The number of carbonyl (C=O) groups excluding carboxylic acids is 3. The Labute approximate surface area is 204 Å². The number of Topliss-reactive ketones (excluding diaryl/α,β-unsaturated/α-hetero) is 2. The van der Waals surface area contributed by atoms with Crippen LogP contribution in [0.15, 0.2) is 41.8 Å². The highest BCUT2D eigenvalue weighted by Gasteiger charge is 2.18. The fraction of sp³-hybridized carbons (Fsp3) is 0.280. The van der Waals surface area contributed by atoms with Crippen LogP contribution in [0.1, 0.15) is 29.1 Å². The molecule has 0 aliphatic rings. The van der Waals surface area contributed by atoms with Gasteiger partial charge in [0, 0.05) is 30.2 Å². The Morgan fingerprint density at radius 2 is 1.74 bits per heavy atom. The van der Waals surface area contributed by atoms with Crippen LogP contribution in [0, 0.1) is 11.6 Å². The van der Waals surface area contributed by atoms with Crippen LogP contribution in [0.25, 0.3) is 0 Å². The molecular weight excluding hydrogens is 480 g/mol. The van der Waals surface area contributed by atoms with Gasteiger partial charge in [-0.15, -0.1) is 11.3 Å². The number of hydrogen-bond acceptors (Lipinski definition) is 8. The molecule has 0 saturated heterocycles. The third-order valence-electron chi connectivity index (χ3n) is 4.93. The number of ether oxygens (including phenoxy) is 3. The summed E-state index contributed by atoms with van der Waals surface area (Å²) in [4.78, 5) is 40.2. The molecule has 10 heteroatoms. The summed E-state index contributed by atoms with van der Waals surface area (Å²) in [5.74, 6) is -2.01. The number of rotatable bonds is 12. The van der Waals surface area contributed by atoms with Crippen LogP contribution in [-0.4, -0.2) is 36.7 Å². The van der Waals surface area contributed by atoms with Gasteiger partial charge in [-0.3, -0.25) is 14.4 Å². The minimum absolute atomic E-state index is 0.00160. The molecule has 0 fully saturated rings. The van der Waals surface area contributed by atoms with E-state index in [-0.39, 0.29) is 66.5 Å². The number of benzene rings is 2. The Morgan fingerprint density at radius 3 is 2.49 bits per heavy atom. The van der Waals surface area contributed by atoms with E-state index in [1.165, 1.54) is 49.8 Å². The fourth-order valence-electron chi connectivity index (χ4n) is 3.23. The molecule has 2 aromatic carbocycles. The largest absolute Gasteiger partial charge is 0.493 e. The molecule has 0 radical (unpaired) electrons. The zero-order chi connectivity index (χ0) is 25.4. The highest BCUT2D eigenvalue weighted by atomic mass is 32.1. The Balaban J connectivity index is 1.66. The van der Waals surface area contributed by atoms with Gasteiger partial charge in [0.15, 0.2) is 11.6 Å². The summed E-state index contributed by atoms with van der Waals surface area (Å²) in [6, 6.07) is 7.82. The van der Waals surface area contributed by atoms with Gasteiger partial charge in [-0.1, -0.05) is 6.07 Å². The summed E-state index contributed by atoms with van der Waals surface area (Å²) in [7, 11) is 2.62. The maximum Gasteiger partial charge on any atom is 0.305 e. The molecule has 0 spiro atoms. The second-order valence-electron chi connectivity index (χ2n) is 7.54. The number of hydrogen-bond donors (Lipinski definition) is 0. The van der Waals surface area contributed by atoms with E-state index in [1.54, 1.807) is 5.38 Å². The van der Waals surface area contributed by atoms with Gasteiger partial charge in [-0.2, -0.15) is 0 Å². The highest BCUT2D eigenvalue weighted by Crippen LogP contribution is 2.35. The second-order valence-corrected chi connectivity index (χ2v) is 8.48. The standard InChI is InChI=1S/C25H23F2NO6S/c1-32-22-5-3-4-20(27)25(22)34-21-8-6-16(26)10-15(21)11-19(30)13-23-28-17(14-35-23)12-18(29)7-9-24(31)33-2/h3-6,8,10,14H,7,9,11-13H2,1-2H3. The van der Waals surface area contributed by atoms with Crippen molar-refractivity contribution in [2.24, 2.45) is 0 Å². The SMILES string of the molecule is COC(=O)CCC(=O)Cc1csc(CC(=O)Cc2cc(F)ccc2Oc2c(F)cccc2OC)n1. The first kappa shape index (κ1) is 26.0. The summed E-state index contributed by atoms with van der Waals surface area (Å²) in [6.45, 7) is 0. The topological polar surface area (TPSA) is 91.8 Å². The van der Waals surface area contributed by atoms with Crippen molar-refractivity contribution >= 4 is 28.9 Å². The highest BCUT2D eigenvalue weighted by molar-refractivity contribution is 7.09. The molecule has 1 heterocycles. The maximum atomic E-state index is 14.3. The zero-order valence-electron chi connectivity index (χ0n) is 19.1. The Morgan fingerprint density at radius 1 is 0.943 bits per heavy atom. The summed E-state index contributed by atoms with van der Waals surface area (Å²) in [5, 5.41) is 2.18. The smallest absolute Gasteiger partial charge is 0.305 e. The number of carbonyl (C=O) groups is 3. The fourth-order valence-corrected chi connectivity index (χ4v) is 4.06. The Hall–Kier alpha value is -3.66. The molecule has 184 valence electrons. The Bertz CT molecular complexity index is 1230. The van der Waals surface area contributed by atoms with Crippen molar-refractivity contribution in [3.63, 3.8) is 0 Å². The average Bonchev–Trinajstić information content (AvgIpc) is 3.26. The van der Waals surface area contributed by atoms with Crippen molar-refractivity contribution in [2.45, 2.75) is 32.1 Å². The van der Waals surface area contributed by atoms with E-state index in [9.17, 15) is 23.2 Å². The molecule has 3 rings (SSSR count). The Kier molecular flexibility index (Phi) is 9.02. The number of aromatic nitrogens is 1. The van der Waals surface area contributed by atoms with Crippen LogP contribution in [0.5, 0.6) is 17.2 Å². The van der Waals surface area contributed by atoms with Crippen LogP contribution >= 0.6 is 11.3 Å². The molecule has 0 unspecified atom stereocenters. The number of ketones is 2. The summed E-state index contributed by atoms with van der Waals surface area (Å²) in [5.41, 5.74) is 0.754. The van der Waals surface area contributed by atoms with Gasteiger partial charge < -0.3 is 14.2 Å². The molecule has 0 saturated carbocycles. The van der Waals surface area contributed by atoms with Crippen LogP contribution in [0.4, 0.5) is 8.78 Å². The lowest BCUT2D eigenvalue weighted by molar-refractivity contribution is -0.141. The normalized spacial score (nSPS) is 10.6. The number of para-hydroxylation sites is 1. The molecule has 0 aliphatic heterocycles. The molecule has 0 aliphatic carbocycles. The first-order chi connectivity index (χ1) is 16.8. The number of thiazole rings is 1. The van der Waals surface area contributed by atoms with E-state index in [2.05, 4.69) is 9.72 Å². The van der Waals surface area contributed by atoms with E-state index < -0.39 is 17.6 Å². The van der Waals surface area contributed by atoms with Gasteiger partial charge in [-0.05, 0) is 30.3 Å². The van der Waals surface area contributed by atoms with Crippen LogP contribution in [-0.2, 0) is 38.4 Å². The molecule has 0 N–H and O–H groups in total. The van der Waals surface area contributed by atoms with Crippen molar-refractivity contribution in [1.82, 2.24) is 4.98 Å². The van der Waals surface area contributed by atoms with Gasteiger partial charge in [0.05, 0.1) is 32.8 Å². The van der Waals surface area contributed by atoms with E-state index in [4.69, 9.17) is 9.47 Å². The molecule has 1 aromatic heterocycles. The molecule has 0 bridgehead atoms. The second kappa shape index (κ2) is 12.2. The van der Waals surface area contributed by atoms with Crippen molar-refractivity contribution in [1.29, 1.82) is 0 Å². The predicted molar refractivity (Wildman–Crippen MR) is 124 cm³/mol. The molecule has 7 nitrogen and oxygen atoms in total. The van der Waals surface area contributed by atoms with Crippen molar-refractivity contribution in [2.75, 3.05) is 14.2 Å². The number of methoxy groups -OCH3 is 2. The average molecular weight is 504 g/mol. The minimum Gasteiger partial charge on any atom is -0.493 e. The number of halogens is 2. The van der Waals surface area contributed by atoms with Crippen LogP contribution in [0.3, 0.4) is 0 Å². The van der Waals surface area contributed by atoms with Crippen molar-refractivity contribution < 1.29 is 37.4 Å².